The smallest absolute Gasteiger partial charge is 0.120 e. The van der Waals surface area contributed by atoms with E-state index in [0.29, 0.717) is 11.8 Å². The molecular formula is C12H17NO. The van der Waals surface area contributed by atoms with Crippen molar-refractivity contribution in [2.24, 2.45) is 5.92 Å². The fourth-order valence-corrected chi connectivity index (χ4v) is 2.06. The van der Waals surface area contributed by atoms with Gasteiger partial charge in [-0.3, -0.25) is 0 Å². The minimum Gasteiger partial charge on any atom is -0.497 e. The van der Waals surface area contributed by atoms with E-state index in [9.17, 15) is 0 Å². The molecule has 0 amide bonds. The van der Waals surface area contributed by atoms with E-state index in [4.69, 9.17) is 4.74 Å². The van der Waals surface area contributed by atoms with Crippen molar-refractivity contribution in [2.45, 2.75) is 19.8 Å². The average Bonchev–Trinajstić information content (AvgIpc) is 2.59. The summed E-state index contributed by atoms with van der Waals surface area (Å²) in [6.07, 6.45) is 0. The Morgan fingerprint density at radius 1 is 1.43 bits per heavy atom. The van der Waals surface area contributed by atoms with Gasteiger partial charge in [0.15, 0.2) is 0 Å². The zero-order chi connectivity index (χ0) is 10.1. The Labute approximate surface area is 85.3 Å². The number of hydrogen-bond acceptors (Lipinski definition) is 2. The zero-order valence-electron chi connectivity index (χ0n) is 9.00. The molecule has 0 fully saturated rings. The molecule has 0 radical (unpaired) electrons. The van der Waals surface area contributed by atoms with Crippen molar-refractivity contribution < 1.29 is 4.74 Å². The van der Waals surface area contributed by atoms with Crippen LogP contribution in [0.25, 0.3) is 0 Å². The van der Waals surface area contributed by atoms with Crippen LogP contribution in [-0.4, -0.2) is 13.7 Å². The third kappa shape index (κ3) is 1.45. The third-order valence-corrected chi connectivity index (χ3v) is 2.98. The first-order valence-corrected chi connectivity index (χ1v) is 5.14. The third-order valence-electron chi connectivity index (χ3n) is 2.98. The van der Waals surface area contributed by atoms with E-state index in [1.807, 2.05) is 6.07 Å². The van der Waals surface area contributed by atoms with Crippen LogP contribution in [0.3, 0.4) is 0 Å². The van der Waals surface area contributed by atoms with Crippen molar-refractivity contribution in [3.8, 4) is 5.75 Å². The average molecular weight is 191 g/mol. The molecule has 1 unspecified atom stereocenters. The van der Waals surface area contributed by atoms with E-state index in [1.54, 1.807) is 7.11 Å². The van der Waals surface area contributed by atoms with Crippen LogP contribution in [0.15, 0.2) is 18.2 Å². The molecule has 1 aromatic carbocycles. The lowest BCUT2D eigenvalue weighted by molar-refractivity contribution is 0.415. The van der Waals surface area contributed by atoms with Crippen molar-refractivity contribution in [1.82, 2.24) is 0 Å². The summed E-state index contributed by atoms with van der Waals surface area (Å²) in [5.41, 5.74) is 2.67. The number of ether oxygens (including phenoxy) is 1. The molecule has 1 aliphatic heterocycles. The maximum absolute atomic E-state index is 5.20. The Balaban J connectivity index is 2.33. The molecule has 0 bridgehead atoms. The van der Waals surface area contributed by atoms with Crippen molar-refractivity contribution in [3.05, 3.63) is 23.8 Å². The lowest BCUT2D eigenvalue weighted by atomic mass is 9.90. The standard InChI is InChI=1S/C12H17NO/c1-8(2)11-7-13-12-6-9(14-3)4-5-10(11)12/h4-6,8,11,13H,7H2,1-3H3. The Bertz CT molecular complexity index is 333. The van der Waals surface area contributed by atoms with Gasteiger partial charge in [-0.15, -0.1) is 0 Å². The van der Waals surface area contributed by atoms with Gasteiger partial charge in [0.05, 0.1) is 7.11 Å². The van der Waals surface area contributed by atoms with E-state index in [2.05, 4.69) is 31.3 Å². The Kier molecular flexibility index (Phi) is 2.36. The molecule has 0 aromatic heterocycles. The number of fused-ring (bicyclic) bond motifs is 1. The van der Waals surface area contributed by atoms with Gasteiger partial charge >= 0.3 is 0 Å². The highest BCUT2D eigenvalue weighted by molar-refractivity contribution is 5.60. The molecule has 1 aliphatic rings. The first kappa shape index (κ1) is 9.38. The molecule has 0 saturated heterocycles. The lowest BCUT2D eigenvalue weighted by Gasteiger charge is -2.14. The summed E-state index contributed by atoms with van der Waals surface area (Å²) in [6.45, 7) is 5.59. The second kappa shape index (κ2) is 3.52. The predicted octanol–water partition coefficient (Wildman–Crippen LogP) is 2.86. The number of benzene rings is 1. The first-order chi connectivity index (χ1) is 6.72. The second-order valence-electron chi connectivity index (χ2n) is 4.18. The minimum atomic E-state index is 0.649. The fraction of sp³-hybridized carbons (Fsp3) is 0.500. The van der Waals surface area contributed by atoms with Crippen LogP contribution in [0.1, 0.15) is 25.3 Å². The highest BCUT2D eigenvalue weighted by atomic mass is 16.5. The van der Waals surface area contributed by atoms with Gasteiger partial charge in [0.1, 0.15) is 5.75 Å². The molecule has 14 heavy (non-hydrogen) atoms. The molecule has 2 nitrogen and oxygen atoms in total. The van der Waals surface area contributed by atoms with Crippen molar-refractivity contribution in [2.75, 3.05) is 19.0 Å². The molecule has 1 N–H and O–H groups in total. The molecule has 76 valence electrons. The van der Waals surface area contributed by atoms with Crippen LogP contribution < -0.4 is 10.1 Å². The lowest BCUT2D eigenvalue weighted by Crippen LogP contribution is -2.08. The Morgan fingerprint density at radius 3 is 2.86 bits per heavy atom. The monoisotopic (exact) mass is 191 g/mol. The van der Waals surface area contributed by atoms with E-state index >= 15 is 0 Å². The molecule has 0 spiro atoms. The van der Waals surface area contributed by atoms with Crippen molar-refractivity contribution in [1.29, 1.82) is 0 Å². The minimum absolute atomic E-state index is 0.649. The molecular weight excluding hydrogens is 174 g/mol. The van der Waals surface area contributed by atoms with Gasteiger partial charge in [-0.2, -0.15) is 0 Å². The van der Waals surface area contributed by atoms with Crippen LogP contribution in [-0.2, 0) is 0 Å². The van der Waals surface area contributed by atoms with Crippen molar-refractivity contribution >= 4 is 5.69 Å². The van der Waals surface area contributed by atoms with Gasteiger partial charge in [0.2, 0.25) is 0 Å². The summed E-state index contributed by atoms with van der Waals surface area (Å²) >= 11 is 0. The topological polar surface area (TPSA) is 21.3 Å². The SMILES string of the molecule is COc1ccc2c(c1)NCC2C(C)C. The normalized spacial score (nSPS) is 19.3. The number of hydrogen-bond donors (Lipinski definition) is 1. The van der Waals surface area contributed by atoms with Gasteiger partial charge in [-0.1, -0.05) is 19.9 Å². The predicted molar refractivity (Wildman–Crippen MR) is 59.1 cm³/mol. The van der Waals surface area contributed by atoms with E-state index in [1.165, 1.54) is 11.3 Å². The number of rotatable bonds is 2. The van der Waals surface area contributed by atoms with Crippen molar-refractivity contribution in [3.63, 3.8) is 0 Å². The van der Waals surface area contributed by atoms with Crippen LogP contribution in [0.2, 0.25) is 0 Å². The van der Waals surface area contributed by atoms with Gasteiger partial charge < -0.3 is 10.1 Å². The van der Waals surface area contributed by atoms with E-state index in [-0.39, 0.29) is 0 Å². The van der Waals surface area contributed by atoms with Crippen LogP contribution in [0, 0.1) is 5.92 Å². The van der Waals surface area contributed by atoms with Gasteiger partial charge in [0, 0.05) is 24.2 Å². The molecule has 2 heteroatoms. The van der Waals surface area contributed by atoms with Gasteiger partial charge in [-0.25, -0.2) is 0 Å². The van der Waals surface area contributed by atoms with E-state index in [0.717, 1.165) is 12.3 Å². The van der Waals surface area contributed by atoms with Crippen LogP contribution >= 0.6 is 0 Å². The largest absolute Gasteiger partial charge is 0.497 e. The highest BCUT2D eigenvalue weighted by Gasteiger charge is 2.24. The maximum Gasteiger partial charge on any atom is 0.120 e. The zero-order valence-corrected chi connectivity index (χ0v) is 9.00. The molecule has 0 aliphatic carbocycles. The molecule has 1 atom stereocenters. The molecule has 1 heterocycles. The van der Waals surface area contributed by atoms with Gasteiger partial charge in [0.25, 0.3) is 0 Å². The maximum atomic E-state index is 5.20. The Morgan fingerprint density at radius 2 is 2.21 bits per heavy atom. The first-order valence-electron chi connectivity index (χ1n) is 5.14. The second-order valence-corrected chi connectivity index (χ2v) is 4.18. The van der Waals surface area contributed by atoms with Crippen LogP contribution in [0.4, 0.5) is 5.69 Å². The summed E-state index contributed by atoms with van der Waals surface area (Å²) in [4.78, 5) is 0. The fourth-order valence-electron chi connectivity index (χ4n) is 2.06. The Hall–Kier alpha value is -1.18. The van der Waals surface area contributed by atoms with E-state index < -0.39 is 0 Å². The molecule has 1 aromatic rings. The molecule has 2 rings (SSSR count). The quantitative estimate of drug-likeness (QED) is 0.776. The number of methoxy groups -OCH3 is 1. The summed E-state index contributed by atoms with van der Waals surface area (Å²) in [5, 5.41) is 3.43. The number of anilines is 1. The highest BCUT2D eigenvalue weighted by Crippen LogP contribution is 2.37. The number of nitrogens with one attached hydrogen (secondary N) is 1. The summed E-state index contributed by atoms with van der Waals surface area (Å²) in [6, 6.07) is 6.30. The van der Waals surface area contributed by atoms with Gasteiger partial charge in [-0.05, 0) is 17.5 Å². The summed E-state index contributed by atoms with van der Waals surface area (Å²) in [5.74, 6) is 2.27. The van der Waals surface area contributed by atoms with Crippen LogP contribution in [0.5, 0.6) is 5.75 Å². The molecule has 0 saturated carbocycles. The summed E-state index contributed by atoms with van der Waals surface area (Å²) in [7, 11) is 1.70. The summed E-state index contributed by atoms with van der Waals surface area (Å²) < 4.78 is 5.20.